The second-order valence-corrected chi connectivity index (χ2v) is 7.31. The van der Waals surface area contributed by atoms with Crippen LogP contribution in [-0.4, -0.2) is 34.5 Å². The number of hydrogen-bond acceptors (Lipinski definition) is 3. The molecule has 6 heteroatoms. The minimum Gasteiger partial charge on any atom is -0.481 e. The summed E-state index contributed by atoms with van der Waals surface area (Å²) < 4.78 is 1.06. The molecule has 0 aliphatic carbocycles. The van der Waals surface area contributed by atoms with Crippen molar-refractivity contribution in [2.45, 2.75) is 51.0 Å². The summed E-state index contributed by atoms with van der Waals surface area (Å²) in [7, 11) is 0. The number of nitrogens with zero attached hydrogens (tertiary/aromatic N) is 1. The van der Waals surface area contributed by atoms with Gasteiger partial charge >= 0.3 is 5.97 Å². The standard InChI is InChI=1S/C15H20BrNO3S/c16-11-9-13(21-10-11)5-6-14(18)17-8-2-1-3-12(17)4-7-15(19)20/h9-10,12H,1-8H2,(H,19,20)/t12-/m0/s1. The Hall–Kier alpha value is -0.880. The third-order valence-corrected chi connectivity index (χ3v) is 5.60. The van der Waals surface area contributed by atoms with E-state index in [4.69, 9.17) is 5.11 Å². The number of hydrogen-bond donors (Lipinski definition) is 1. The topological polar surface area (TPSA) is 57.6 Å². The highest BCUT2D eigenvalue weighted by molar-refractivity contribution is 9.10. The molecule has 0 spiro atoms. The minimum atomic E-state index is -0.781. The first-order valence-corrected chi connectivity index (χ1v) is 8.97. The van der Waals surface area contributed by atoms with Crippen molar-refractivity contribution in [2.24, 2.45) is 0 Å². The number of carboxylic acid groups (broad SMARTS) is 1. The van der Waals surface area contributed by atoms with Crippen molar-refractivity contribution in [2.75, 3.05) is 6.54 Å². The molecule has 1 amide bonds. The molecule has 1 aromatic rings. The van der Waals surface area contributed by atoms with E-state index in [1.807, 2.05) is 10.3 Å². The Balaban J connectivity index is 1.87. The molecule has 0 radical (unpaired) electrons. The lowest BCUT2D eigenvalue weighted by atomic mass is 9.97. The molecule has 2 heterocycles. The Morgan fingerprint density at radius 3 is 2.86 bits per heavy atom. The summed E-state index contributed by atoms with van der Waals surface area (Å²) in [6.07, 6.45) is 5.04. The normalized spacial score (nSPS) is 18.7. The van der Waals surface area contributed by atoms with Gasteiger partial charge in [0.05, 0.1) is 0 Å². The Labute approximate surface area is 137 Å². The van der Waals surface area contributed by atoms with E-state index in [0.717, 1.165) is 36.7 Å². The van der Waals surface area contributed by atoms with Gasteiger partial charge in [0.1, 0.15) is 0 Å². The SMILES string of the molecule is O=C(O)CC[C@@H]1CCCCN1C(=O)CCc1cc(Br)cs1. The van der Waals surface area contributed by atoms with Crippen molar-refractivity contribution in [1.82, 2.24) is 4.90 Å². The van der Waals surface area contributed by atoms with Crippen LogP contribution in [0.25, 0.3) is 0 Å². The van der Waals surface area contributed by atoms with Gasteiger partial charge in [-0.05, 0) is 54.1 Å². The summed E-state index contributed by atoms with van der Waals surface area (Å²) in [6.45, 7) is 0.775. The number of aliphatic carboxylic acids is 1. The highest BCUT2D eigenvalue weighted by atomic mass is 79.9. The Morgan fingerprint density at radius 1 is 1.38 bits per heavy atom. The molecule has 0 saturated carbocycles. The van der Waals surface area contributed by atoms with Crippen LogP contribution in [0, 0.1) is 0 Å². The summed E-state index contributed by atoms with van der Waals surface area (Å²) in [5, 5.41) is 10.8. The van der Waals surface area contributed by atoms with Crippen LogP contribution in [0.15, 0.2) is 15.9 Å². The monoisotopic (exact) mass is 373 g/mol. The van der Waals surface area contributed by atoms with E-state index in [9.17, 15) is 9.59 Å². The van der Waals surface area contributed by atoms with Gasteiger partial charge in [0.15, 0.2) is 0 Å². The number of thiophene rings is 1. The predicted octanol–water partition coefficient (Wildman–Crippen LogP) is 3.69. The van der Waals surface area contributed by atoms with Gasteiger partial charge in [-0.3, -0.25) is 9.59 Å². The second-order valence-electron chi connectivity index (χ2n) is 5.40. The first kappa shape index (κ1) is 16.5. The maximum absolute atomic E-state index is 12.4. The quantitative estimate of drug-likeness (QED) is 0.826. The lowest BCUT2D eigenvalue weighted by molar-refractivity contribution is -0.140. The van der Waals surface area contributed by atoms with Crippen LogP contribution in [0.5, 0.6) is 0 Å². The van der Waals surface area contributed by atoms with Crippen molar-refractivity contribution < 1.29 is 14.7 Å². The summed E-state index contributed by atoms with van der Waals surface area (Å²) in [5.74, 6) is -0.619. The molecular weight excluding hydrogens is 354 g/mol. The van der Waals surface area contributed by atoms with Crippen LogP contribution < -0.4 is 0 Å². The van der Waals surface area contributed by atoms with Gasteiger partial charge in [-0.25, -0.2) is 0 Å². The molecule has 1 saturated heterocycles. The van der Waals surface area contributed by atoms with Gasteiger partial charge in [-0.2, -0.15) is 0 Å². The number of carboxylic acids is 1. The van der Waals surface area contributed by atoms with Crippen LogP contribution in [-0.2, 0) is 16.0 Å². The van der Waals surface area contributed by atoms with Gasteiger partial charge in [0.2, 0.25) is 5.91 Å². The second kappa shape index (κ2) is 7.94. The van der Waals surface area contributed by atoms with Crippen molar-refractivity contribution in [3.8, 4) is 0 Å². The fourth-order valence-corrected chi connectivity index (χ4v) is 4.23. The Morgan fingerprint density at radius 2 is 2.19 bits per heavy atom. The molecular formula is C15H20BrNO3S. The number of carbonyl (C=O) groups excluding carboxylic acids is 1. The molecule has 0 unspecified atom stereocenters. The molecule has 1 N–H and O–H groups in total. The zero-order chi connectivity index (χ0) is 15.2. The number of rotatable bonds is 6. The highest BCUT2D eigenvalue weighted by Gasteiger charge is 2.26. The molecule has 1 atom stereocenters. The van der Waals surface area contributed by atoms with Crippen molar-refractivity contribution in [3.05, 3.63) is 20.8 Å². The number of amides is 1. The largest absolute Gasteiger partial charge is 0.481 e. The van der Waals surface area contributed by atoms with Crippen LogP contribution in [0.2, 0.25) is 0 Å². The zero-order valence-corrected chi connectivity index (χ0v) is 14.3. The first-order chi connectivity index (χ1) is 10.1. The average Bonchev–Trinajstić information content (AvgIpc) is 2.88. The number of piperidine rings is 1. The summed E-state index contributed by atoms with van der Waals surface area (Å²) >= 11 is 5.08. The summed E-state index contributed by atoms with van der Waals surface area (Å²) in [4.78, 5) is 26.2. The minimum absolute atomic E-state index is 0.109. The lowest BCUT2D eigenvalue weighted by Gasteiger charge is -2.35. The third-order valence-electron chi connectivity index (χ3n) is 3.85. The first-order valence-electron chi connectivity index (χ1n) is 7.30. The number of likely N-dealkylation sites (tertiary alicyclic amines) is 1. The van der Waals surface area contributed by atoms with Crippen LogP contribution in [0.1, 0.15) is 43.4 Å². The molecule has 1 aliphatic heterocycles. The van der Waals surface area contributed by atoms with E-state index in [2.05, 4.69) is 22.0 Å². The van der Waals surface area contributed by atoms with Gasteiger partial charge in [0.25, 0.3) is 0 Å². The molecule has 1 aliphatic rings. The molecule has 116 valence electrons. The number of aryl methyl sites for hydroxylation is 1. The third kappa shape index (κ3) is 5.11. The Bertz CT molecular complexity index is 503. The van der Waals surface area contributed by atoms with Gasteiger partial charge in [-0.15, -0.1) is 11.3 Å². The van der Waals surface area contributed by atoms with Crippen LogP contribution in [0.4, 0.5) is 0 Å². The van der Waals surface area contributed by atoms with E-state index in [-0.39, 0.29) is 18.4 Å². The van der Waals surface area contributed by atoms with E-state index in [0.29, 0.717) is 12.8 Å². The predicted molar refractivity (Wildman–Crippen MR) is 86.6 cm³/mol. The van der Waals surface area contributed by atoms with E-state index < -0.39 is 5.97 Å². The van der Waals surface area contributed by atoms with Crippen molar-refractivity contribution in [3.63, 3.8) is 0 Å². The van der Waals surface area contributed by atoms with Crippen molar-refractivity contribution in [1.29, 1.82) is 0 Å². The molecule has 2 rings (SSSR count). The van der Waals surface area contributed by atoms with Crippen molar-refractivity contribution >= 4 is 39.1 Å². The van der Waals surface area contributed by atoms with Gasteiger partial charge < -0.3 is 10.0 Å². The maximum atomic E-state index is 12.4. The maximum Gasteiger partial charge on any atom is 0.303 e. The van der Waals surface area contributed by atoms with E-state index >= 15 is 0 Å². The van der Waals surface area contributed by atoms with E-state index in [1.54, 1.807) is 11.3 Å². The summed E-state index contributed by atoms with van der Waals surface area (Å²) in [6, 6.07) is 2.16. The fourth-order valence-electron chi connectivity index (χ4n) is 2.78. The smallest absolute Gasteiger partial charge is 0.303 e. The Kier molecular flexibility index (Phi) is 6.23. The van der Waals surface area contributed by atoms with Gasteiger partial charge in [-0.1, -0.05) is 0 Å². The average molecular weight is 374 g/mol. The molecule has 1 aromatic heterocycles. The number of carbonyl (C=O) groups is 2. The number of halogens is 1. The zero-order valence-electron chi connectivity index (χ0n) is 11.9. The molecule has 0 bridgehead atoms. The van der Waals surface area contributed by atoms with Gasteiger partial charge in [0, 0.05) is 40.2 Å². The molecule has 0 aromatic carbocycles. The highest BCUT2D eigenvalue weighted by Crippen LogP contribution is 2.24. The molecule has 21 heavy (non-hydrogen) atoms. The lowest BCUT2D eigenvalue weighted by Crippen LogP contribution is -2.44. The molecule has 1 fully saturated rings. The summed E-state index contributed by atoms with van der Waals surface area (Å²) in [5.41, 5.74) is 0. The molecule has 4 nitrogen and oxygen atoms in total. The van der Waals surface area contributed by atoms with Crippen LogP contribution >= 0.6 is 27.3 Å². The van der Waals surface area contributed by atoms with Crippen LogP contribution in [0.3, 0.4) is 0 Å². The fraction of sp³-hybridized carbons (Fsp3) is 0.600. The van der Waals surface area contributed by atoms with E-state index in [1.165, 1.54) is 4.88 Å².